The van der Waals surface area contributed by atoms with Crippen molar-refractivity contribution in [3.8, 4) is 17.2 Å². The predicted molar refractivity (Wildman–Crippen MR) is 115 cm³/mol. The van der Waals surface area contributed by atoms with E-state index in [2.05, 4.69) is 22.5 Å². The Morgan fingerprint density at radius 2 is 1.83 bits per heavy atom. The first kappa shape index (κ1) is 23.1. The molecule has 8 nitrogen and oxygen atoms in total. The highest BCUT2D eigenvalue weighted by Gasteiger charge is 2.24. The van der Waals surface area contributed by atoms with E-state index < -0.39 is 0 Å². The van der Waals surface area contributed by atoms with E-state index in [0.717, 1.165) is 44.3 Å². The Morgan fingerprint density at radius 3 is 2.41 bits per heavy atom. The third kappa shape index (κ3) is 6.68. The van der Waals surface area contributed by atoms with E-state index in [1.165, 1.54) is 12.8 Å². The number of rotatable bonds is 11. The van der Waals surface area contributed by atoms with Gasteiger partial charge in [0.25, 0.3) is 0 Å². The minimum atomic E-state index is 0.504. The molecule has 1 aromatic carbocycles. The molecule has 0 aliphatic carbocycles. The molecule has 0 bridgehead atoms. The number of nitrogens with one attached hydrogen (secondary N) is 2. The first-order chi connectivity index (χ1) is 14.2. The second kappa shape index (κ2) is 12.4. The molecule has 164 valence electrons. The third-order valence-corrected chi connectivity index (χ3v) is 5.08. The van der Waals surface area contributed by atoms with Crippen molar-refractivity contribution in [3.05, 3.63) is 17.7 Å². The summed E-state index contributed by atoms with van der Waals surface area (Å²) in [4.78, 5) is 7.22. The van der Waals surface area contributed by atoms with E-state index in [0.29, 0.717) is 29.8 Å². The fraction of sp³-hybridized carbons (Fsp3) is 0.667. The summed E-state index contributed by atoms with van der Waals surface area (Å²) in [7, 11) is 6.59. The van der Waals surface area contributed by atoms with Crippen LogP contribution in [0.1, 0.15) is 25.3 Å². The topological polar surface area (TPSA) is 76.6 Å². The molecule has 0 amide bonds. The summed E-state index contributed by atoms with van der Waals surface area (Å²) in [6.45, 7) is 7.12. The van der Waals surface area contributed by atoms with Gasteiger partial charge < -0.3 is 29.6 Å². The molecule has 1 aromatic rings. The molecule has 0 radical (unpaired) electrons. The smallest absolute Gasteiger partial charge is 0.203 e. The predicted octanol–water partition coefficient (Wildman–Crippen LogP) is 1.88. The second-order valence-corrected chi connectivity index (χ2v) is 6.93. The molecule has 0 saturated carbocycles. The summed E-state index contributed by atoms with van der Waals surface area (Å²) in [5.41, 5.74) is 0.985. The molecule has 8 heteroatoms. The fourth-order valence-electron chi connectivity index (χ4n) is 3.58. The summed E-state index contributed by atoms with van der Waals surface area (Å²) in [5.74, 6) is 2.66. The van der Waals surface area contributed by atoms with Crippen molar-refractivity contribution in [3.63, 3.8) is 0 Å². The van der Waals surface area contributed by atoms with Gasteiger partial charge in [0.2, 0.25) is 5.75 Å². The highest BCUT2D eigenvalue weighted by atomic mass is 16.5. The van der Waals surface area contributed by atoms with Gasteiger partial charge in [0, 0.05) is 32.8 Å². The van der Waals surface area contributed by atoms with E-state index in [1.807, 2.05) is 12.1 Å². The quantitative estimate of drug-likeness (QED) is 0.428. The van der Waals surface area contributed by atoms with Gasteiger partial charge >= 0.3 is 0 Å². The van der Waals surface area contributed by atoms with Crippen molar-refractivity contribution in [2.24, 2.45) is 4.99 Å². The van der Waals surface area contributed by atoms with Crippen molar-refractivity contribution in [2.45, 2.75) is 32.4 Å². The van der Waals surface area contributed by atoms with Crippen LogP contribution >= 0.6 is 0 Å². The molecule has 0 spiro atoms. The highest BCUT2D eigenvalue weighted by molar-refractivity contribution is 5.79. The van der Waals surface area contributed by atoms with Crippen molar-refractivity contribution in [1.82, 2.24) is 15.5 Å². The van der Waals surface area contributed by atoms with Gasteiger partial charge in [-0.3, -0.25) is 4.90 Å². The van der Waals surface area contributed by atoms with Crippen LogP contribution < -0.4 is 24.8 Å². The number of likely N-dealkylation sites (tertiary alicyclic amines) is 1. The summed E-state index contributed by atoms with van der Waals surface area (Å²) in [6.07, 6.45) is 2.43. The van der Waals surface area contributed by atoms with Crippen LogP contribution in [0.15, 0.2) is 17.1 Å². The number of guanidine groups is 1. The van der Waals surface area contributed by atoms with E-state index in [1.54, 1.807) is 28.4 Å². The van der Waals surface area contributed by atoms with Crippen LogP contribution in [0.2, 0.25) is 0 Å². The maximum absolute atomic E-state index is 5.43. The average molecular weight is 409 g/mol. The Labute approximate surface area is 174 Å². The van der Waals surface area contributed by atoms with Crippen LogP contribution in [0.25, 0.3) is 0 Å². The van der Waals surface area contributed by atoms with Gasteiger partial charge in [-0.15, -0.1) is 0 Å². The number of ether oxygens (including phenoxy) is 4. The molecule has 1 aliphatic heterocycles. The van der Waals surface area contributed by atoms with Crippen LogP contribution in [-0.2, 0) is 11.3 Å². The lowest BCUT2D eigenvalue weighted by Gasteiger charge is -2.25. The molecule has 1 saturated heterocycles. The van der Waals surface area contributed by atoms with Crippen LogP contribution in [-0.4, -0.2) is 78.1 Å². The number of methoxy groups -OCH3 is 4. The number of hydrogen-bond acceptors (Lipinski definition) is 6. The molecule has 1 heterocycles. The minimum Gasteiger partial charge on any atom is -0.493 e. The van der Waals surface area contributed by atoms with Gasteiger partial charge in [-0.2, -0.15) is 0 Å². The van der Waals surface area contributed by atoms with Gasteiger partial charge in [0.05, 0.1) is 34.5 Å². The Balaban J connectivity index is 2.03. The van der Waals surface area contributed by atoms with Crippen LogP contribution in [0.5, 0.6) is 17.2 Å². The highest BCUT2D eigenvalue weighted by Crippen LogP contribution is 2.38. The lowest BCUT2D eigenvalue weighted by Crippen LogP contribution is -2.45. The maximum atomic E-state index is 5.43. The van der Waals surface area contributed by atoms with Gasteiger partial charge in [-0.25, -0.2) is 4.99 Å². The Kier molecular flexibility index (Phi) is 9.87. The maximum Gasteiger partial charge on any atom is 0.203 e. The average Bonchev–Trinajstić information content (AvgIpc) is 3.20. The van der Waals surface area contributed by atoms with Crippen molar-refractivity contribution in [1.29, 1.82) is 0 Å². The van der Waals surface area contributed by atoms with Crippen molar-refractivity contribution in [2.75, 3.05) is 61.2 Å². The Morgan fingerprint density at radius 1 is 1.10 bits per heavy atom. The van der Waals surface area contributed by atoms with Gasteiger partial charge in [-0.05, 0) is 44.0 Å². The third-order valence-electron chi connectivity index (χ3n) is 5.08. The molecule has 2 N–H and O–H groups in total. The molecular weight excluding hydrogens is 372 g/mol. The molecule has 1 unspecified atom stereocenters. The minimum absolute atomic E-state index is 0.504. The van der Waals surface area contributed by atoms with E-state index in [9.17, 15) is 0 Å². The normalized spacial score (nSPS) is 17.3. The molecule has 0 aromatic heterocycles. The number of aliphatic imine (C=N–C) groups is 1. The molecule has 1 aliphatic rings. The molecular formula is C21H36N4O4. The lowest BCUT2D eigenvalue weighted by atomic mass is 10.2. The van der Waals surface area contributed by atoms with Crippen molar-refractivity contribution < 1.29 is 18.9 Å². The first-order valence-corrected chi connectivity index (χ1v) is 10.2. The SMILES string of the molecule is CCNC(=NCc1cc(OC)c(OC)c(OC)c1)NCC1CCCN1CCOC. The number of benzene rings is 1. The molecule has 2 rings (SSSR count). The monoisotopic (exact) mass is 408 g/mol. The standard InChI is InChI=1S/C21H36N4O4/c1-6-22-21(24-15-17-8-7-9-25(17)10-11-26-2)23-14-16-12-18(27-3)20(29-5)19(13-16)28-4/h12-13,17H,6-11,14-15H2,1-5H3,(H2,22,23,24). The Bertz CT molecular complexity index is 629. The van der Waals surface area contributed by atoms with Crippen molar-refractivity contribution >= 4 is 5.96 Å². The van der Waals surface area contributed by atoms with Crippen LogP contribution in [0.3, 0.4) is 0 Å². The van der Waals surface area contributed by atoms with Crippen LogP contribution in [0, 0.1) is 0 Å². The number of nitrogens with zero attached hydrogens (tertiary/aromatic N) is 2. The second-order valence-electron chi connectivity index (χ2n) is 6.93. The first-order valence-electron chi connectivity index (χ1n) is 10.2. The summed E-state index contributed by atoms with van der Waals surface area (Å²) in [6, 6.07) is 4.37. The van der Waals surface area contributed by atoms with E-state index in [-0.39, 0.29) is 0 Å². The molecule has 1 atom stereocenters. The molecule has 1 fully saturated rings. The summed E-state index contributed by atoms with van der Waals surface area (Å²) >= 11 is 0. The van der Waals surface area contributed by atoms with Gasteiger partial charge in [0.1, 0.15) is 0 Å². The zero-order chi connectivity index (χ0) is 21.1. The zero-order valence-corrected chi connectivity index (χ0v) is 18.4. The fourth-order valence-corrected chi connectivity index (χ4v) is 3.58. The van der Waals surface area contributed by atoms with Gasteiger partial charge in [-0.1, -0.05) is 0 Å². The Hall–Kier alpha value is -2.19. The summed E-state index contributed by atoms with van der Waals surface area (Å²) < 4.78 is 21.5. The lowest BCUT2D eigenvalue weighted by molar-refractivity contribution is 0.141. The van der Waals surface area contributed by atoms with E-state index in [4.69, 9.17) is 23.9 Å². The molecule has 29 heavy (non-hydrogen) atoms. The summed E-state index contributed by atoms with van der Waals surface area (Å²) in [5, 5.41) is 6.81. The van der Waals surface area contributed by atoms with Gasteiger partial charge in [0.15, 0.2) is 17.5 Å². The van der Waals surface area contributed by atoms with Crippen LogP contribution in [0.4, 0.5) is 0 Å². The van der Waals surface area contributed by atoms with E-state index >= 15 is 0 Å². The largest absolute Gasteiger partial charge is 0.493 e. The zero-order valence-electron chi connectivity index (χ0n) is 18.4. The number of hydrogen-bond donors (Lipinski definition) is 2.